The molecular formula is C24H40N6O6. The number of esters is 2. The highest BCUT2D eigenvalue weighted by atomic mass is 16.5. The van der Waals surface area contributed by atoms with Crippen molar-refractivity contribution in [2.45, 2.75) is 25.7 Å². The lowest BCUT2D eigenvalue weighted by Gasteiger charge is -2.08. The molecule has 2 aromatic rings. The van der Waals surface area contributed by atoms with Crippen LogP contribution in [-0.2, 0) is 19.1 Å². The van der Waals surface area contributed by atoms with Gasteiger partial charge in [0.1, 0.15) is 13.1 Å². The van der Waals surface area contributed by atoms with E-state index in [9.17, 15) is 19.2 Å². The summed E-state index contributed by atoms with van der Waals surface area (Å²) >= 11 is 0. The first-order valence-corrected chi connectivity index (χ1v) is 10.5. The maximum atomic E-state index is 11.8. The molecule has 0 aliphatic heterocycles. The Kier molecular flexibility index (Phi) is 22.1. The number of ether oxygens (including phenoxy) is 2. The van der Waals surface area contributed by atoms with Crippen molar-refractivity contribution < 1.29 is 28.7 Å². The molecular weight excluding hydrogens is 468 g/mol. The second kappa shape index (κ2) is 21.7. The van der Waals surface area contributed by atoms with E-state index in [1.165, 1.54) is 0 Å². The van der Waals surface area contributed by atoms with E-state index in [-0.39, 0.29) is 62.7 Å². The van der Waals surface area contributed by atoms with Crippen molar-refractivity contribution in [2.75, 3.05) is 26.3 Å². The van der Waals surface area contributed by atoms with Crippen LogP contribution in [0.25, 0.3) is 0 Å². The van der Waals surface area contributed by atoms with E-state index >= 15 is 0 Å². The molecule has 0 bridgehead atoms. The SMILES string of the molecule is N.N.N.N.O=C(CNC(=O)c1ccccc1)OCCCCCCOC(=O)CNC(=O)c1ccccc1. The van der Waals surface area contributed by atoms with Crippen molar-refractivity contribution in [1.82, 2.24) is 35.2 Å². The summed E-state index contributed by atoms with van der Waals surface area (Å²) in [5.41, 5.74) is 0.971. The number of nitrogens with one attached hydrogen (secondary N) is 2. The molecule has 0 fully saturated rings. The van der Waals surface area contributed by atoms with Gasteiger partial charge in [-0.3, -0.25) is 19.2 Å². The van der Waals surface area contributed by atoms with E-state index in [2.05, 4.69) is 10.6 Å². The van der Waals surface area contributed by atoms with E-state index in [0.717, 1.165) is 12.8 Å². The van der Waals surface area contributed by atoms with Gasteiger partial charge in [0.15, 0.2) is 0 Å². The standard InChI is InChI=1S/C24H28N2O6.4H3N/c27-21(17-25-23(29)19-11-5-3-6-12-19)31-15-9-1-2-10-16-32-22(28)18-26-24(30)20-13-7-4-8-14-20;;;;/h3-8,11-14H,1-2,9-10,15-18H2,(H,25,29)(H,26,30);4*1H3. The Morgan fingerprint density at radius 2 is 0.861 bits per heavy atom. The summed E-state index contributed by atoms with van der Waals surface area (Å²) in [6.45, 7) is 0.186. The number of carbonyl (C=O) groups excluding carboxylic acids is 4. The first-order chi connectivity index (χ1) is 15.6. The van der Waals surface area contributed by atoms with E-state index in [1.54, 1.807) is 48.5 Å². The summed E-state index contributed by atoms with van der Waals surface area (Å²) in [7, 11) is 0. The molecule has 0 saturated heterocycles. The predicted molar refractivity (Wildman–Crippen MR) is 138 cm³/mol. The lowest BCUT2D eigenvalue weighted by molar-refractivity contribution is -0.143. The summed E-state index contributed by atoms with van der Waals surface area (Å²) < 4.78 is 10.2. The van der Waals surface area contributed by atoms with Crippen LogP contribution in [0.5, 0.6) is 0 Å². The lowest BCUT2D eigenvalue weighted by Crippen LogP contribution is -2.30. The Balaban J connectivity index is -0.00000272. The molecule has 0 atom stereocenters. The Hall–Kier alpha value is -3.84. The Bertz CT molecular complexity index is 810. The van der Waals surface area contributed by atoms with Crippen LogP contribution >= 0.6 is 0 Å². The molecule has 2 rings (SSSR count). The average molecular weight is 509 g/mol. The maximum absolute atomic E-state index is 11.8. The van der Waals surface area contributed by atoms with Crippen molar-refractivity contribution in [2.24, 2.45) is 0 Å². The third-order valence-corrected chi connectivity index (χ3v) is 4.42. The molecule has 2 aromatic carbocycles. The summed E-state index contributed by atoms with van der Waals surface area (Å²) in [6.07, 6.45) is 2.98. The van der Waals surface area contributed by atoms with E-state index in [0.29, 0.717) is 24.0 Å². The van der Waals surface area contributed by atoms with Gasteiger partial charge in [-0.15, -0.1) is 0 Å². The average Bonchev–Trinajstić information content (AvgIpc) is 2.83. The smallest absolute Gasteiger partial charge is 0.325 e. The van der Waals surface area contributed by atoms with Crippen molar-refractivity contribution in [3.8, 4) is 0 Å². The first-order valence-electron chi connectivity index (χ1n) is 10.5. The minimum absolute atomic E-state index is 0. The second-order valence-electron chi connectivity index (χ2n) is 6.95. The van der Waals surface area contributed by atoms with Crippen molar-refractivity contribution in [3.05, 3.63) is 71.8 Å². The quantitative estimate of drug-likeness (QED) is 0.170. The molecule has 0 aliphatic rings. The zero-order valence-electron chi connectivity index (χ0n) is 20.7. The molecule has 2 amide bonds. The third-order valence-electron chi connectivity index (χ3n) is 4.42. The fourth-order valence-electron chi connectivity index (χ4n) is 2.72. The molecule has 0 aromatic heterocycles. The number of amides is 2. The number of hydrogen-bond acceptors (Lipinski definition) is 10. The Morgan fingerprint density at radius 3 is 1.19 bits per heavy atom. The fraction of sp³-hybridized carbons (Fsp3) is 0.333. The predicted octanol–water partition coefficient (Wildman–Crippen LogP) is 3.14. The first kappa shape index (κ1) is 36.7. The van der Waals surface area contributed by atoms with Crippen molar-refractivity contribution >= 4 is 23.8 Å². The van der Waals surface area contributed by atoms with Gasteiger partial charge in [0.05, 0.1) is 13.2 Å². The van der Waals surface area contributed by atoms with Crippen LogP contribution in [0.1, 0.15) is 46.4 Å². The zero-order valence-corrected chi connectivity index (χ0v) is 20.7. The number of benzene rings is 2. The van der Waals surface area contributed by atoms with Gasteiger partial charge in [-0.2, -0.15) is 0 Å². The van der Waals surface area contributed by atoms with Crippen LogP contribution in [0.4, 0.5) is 0 Å². The van der Waals surface area contributed by atoms with Crippen molar-refractivity contribution in [3.63, 3.8) is 0 Å². The molecule has 14 N–H and O–H groups in total. The molecule has 0 spiro atoms. The third kappa shape index (κ3) is 15.1. The van der Waals surface area contributed by atoms with Crippen molar-refractivity contribution in [1.29, 1.82) is 0 Å². The minimum atomic E-state index is -0.485. The minimum Gasteiger partial charge on any atom is -0.464 e. The molecule has 0 heterocycles. The Morgan fingerprint density at radius 1 is 0.528 bits per heavy atom. The topological polar surface area (TPSA) is 251 Å². The molecule has 0 saturated carbocycles. The van der Waals surface area contributed by atoms with Gasteiger partial charge in [0.25, 0.3) is 11.8 Å². The molecule has 0 aliphatic carbocycles. The van der Waals surface area contributed by atoms with Crippen LogP contribution in [-0.4, -0.2) is 50.1 Å². The van der Waals surface area contributed by atoms with Gasteiger partial charge in [-0.1, -0.05) is 36.4 Å². The van der Waals surface area contributed by atoms with E-state index in [4.69, 9.17) is 9.47 Å². The van der Waals surface area contributed by atoms with Gasteiger partial charge in [0.2, 0.25) is 0 Å². The molecule has 0 radical (unpaired) electrons. The summed E-state index contributed by atoms with van der Waals surface area (Å²) in [5.74, 6) is -1.62. The largest absolute Gasteiger partial charge is 0.464 e. The van der Waals surface area contributed by atoms with Gasteiger partial charge < -0.3 is 44.7 Å². The molecule has 0 unspecified atom stereocenters. The summed E-state index contributed by atoms with van der Waals surface area (Å²) in [4.78, 5) is 47.0. The normalized spacial score (nSPS) is 9.00. The highest BCUT2D eigenvalue weighted by Gasteiger charge is 2.09. The van der Waals surface area contributed by atoms with E-state index in [1.807, 2.05) is 12.1 Å². The molecule has 36 heavy (non-hydrogen) atoms. The van der Waals surface area contributed by atoms with Gasteiger partial charge in [-0.25, -0.2) is 0 Å². The van der Waals surface area contributed by atoms with Crippen LogP contribution in [0.15, 0.2) is 60.7 Å². The molecule has 12 heteroatoms. The van der Waals surface area contributed by atoms with Crippen LogP contribution < -0.4 is 35.2 Å². The number of unbranched alkanes of at least 4 members (excludes halogenated alkanes) is 3. The molecule has 12 nitrogen and oxygen atoms in total. The monoisotopic (exact) mass is 508 g/mol. The zero-order chi connectivity index (χ0) is 23.0. The molecule has 202 valence electrons. The van der Waals surface area contributed by atoms with Crippen LogP contribution in [0.2, 0.25) is 0 Å². The van der Waals surface area contributed by atoms with Crippen LogP contribution in [0.3, 0.4) is 0 Å². The van der Waals surface area contributed by atoms with Gasteiger partial charge >= 0.3 is 11.9 Å². The second-order valence-corrected chi connectivity index (χ2v) is 6.95. The van der Waals surface area contributed by atoms with Crippen LogP contribution in [0, 0.1) is 0 Å². The number of rotatable bonds is 13. The van der Waals surface area contributed by atoms with E-state index < -0.39 is 11.9 Å². The summed E-state index contributed by atoms with van der Waals surface area (Å²) in [6, 6.07) is 17.3. The lowest BCUT2D eigenvalue weighted by atomic mass is 10.2. The number of carbonyl (C=O) groups is 4. The fourth-order valence-corrected chi connectivity index (χ4v) is 2.72. The van der Waals surface area contributed by atoms with Gasteiger partial charge in [0, 0.05) is 11.1 Å². The highest BCUT2D eigenvalue weighted by Crippen LogP contribution is 2.02. The number of hydrogen-bond donors (Lipinski definition) is 6. The highest BCUT2D eigenvalue weighted by molar-refractivity contribution is 5.96. The maximum Gasteiger partial charge on any atom is 0.325 e. The summed E-state index contributed by atoms with van der Waals surface area (Å²) in [5, 5.41) is 5.03. The van der Waals surface area contributed by atoms with Gasteiger partial charge in [-0.05, 0) is 49.9 Å². The Labute approximate surface area is 211 Å².